The third-order valence-corrected chi connectivity index (χ3v) is 2.90. The van der Waals surface area contributed by atoms with E-state index < -0.39 is 0 Å². The first-order valence-electron chi connectivity index (χ1n) is 6.00. The lowest BCUT2D eigenvalue weighted by Gasteiger charge is -2.08. The fourth-order valence-corrected chi connectivity index (χ4v) is 2.10. The third-order valence-electron chi connectivity index (χ3n) is 2.90. The fraction of sp³-hybridized carbons (Fsp3) is 0.429. The lowest BCUT2D eigenvalue weighted by atomic mass is 10.2. The Morgan fingerprint density at radius 2 is 2.12 bits per heavy atom. The second-order valence-corrected chi connectivity index (χ2v) is 4.43. The Morgan fingerprint density at radius 3 is 2.76 bits per heavy atom. The van der Waals surface area contributed by atoms with Gasteiger partial charge in [-0.3, -0.25) is 0 Å². The molecular weight excluding hydrogens is 217 g/mol. The van der Waals surface area contributed by atoms with E-state index in [1.807, 2.05) is 19.2 Å². The Hall–Kier alpha value is -1.35. The number of rotatable bonds is 4. The summed E-state index contributed by atoms with van der Waals surface area (Å²) in [4.78, 5) is 0. The zero-order chi connectivity index (χ0) is 12.4. The molecule has 0 atom stereocenters. The summed E-state index contributed by atoms with van der Waals surface area (Å²) in [6.07, 6.45) is 1.99. The molecular formula is C14H18FNO. The van der Waals surface area contributed by atoms with E-state index in [1.54, 1.807) is 6.07 Å². The summed E-state index contributed by atoms with van der Waals surface area (Å²) in [6, 6.07) is 5.52. The van der Waals surface area contributed by atoms with Crippen LogP contribution in [0.1, 0.15) is 32.4 Å². The van der Waals surface area contributed by atoms with Crippen LogP contribution < -0.4 is 0 Å². The van der Waals surface area contributed by atoms with Crippen molar-refractivity contribution in [3.63, 3.8) is 0 Å². The van der Waals surface area contributed by atoms with Gasteiger partial charge in [0.05, 0.1) is 12.1 Å². The minimum atomic E-state index is -0.170. The second kappa shape index (κ2) is 4.88. The van der Waals surface area contributed by atoms with Gasteiger partial charge in [-0.05, 0) is 32.9 Å². The molecule has 0 fully saturated rings. The maximum Gasteiger partial charge on any atom is 0.132 e. The van der Waals surface area contributed by atoms with Crippen LogP contribution in [0.2, 0.25) is 0 Å². The van der Waals surface area contributed by atoms with E-state index in [4.69, 9.17) is 4.74 Å². The molecule has 3 heteroatoms. The van der Waals surface area contributed by atoms with Gasteiger partial charge >= 0.3 is 0 Å². The van der Waals surface area contributed by atoms with E-state index in [9.17, 15) is 4.39 Å². The van der Waals surface area contributed by atoms with Crippen LogP contribution in [0.4, 0.5) is 4.39 Å². The summed E-state index contributed by atoms with van der Waals surface area (Å²) in [7, 11) is 0. The highest BCUT2D eigenvalue weighted by atomic mass is 19.1. The largest absolute Gasteiger partial charge is 0.377 e. The zero-order valence-electron chi connectivity index (χ0n) is 10.5. The van der Waals surface area contributed by atoms with Gasteiger partial charge in [0, 0.05) is 29.8 Å². The molecule has 0 aliphatic heterocycles. The number of hydrogen-bond acceptors (Lipinski definition) is 1. The summed E-state index contributed by atoms with van der Waals surface area (Å²) < 4.78 is 21.4. The third kappa shape index (κ3) is 2.20. The van der Waals surface area contributed by atoms with Crippen LogP contribution in [-0.4, -0.2) is 11.2 Å². The van der Waals surface area contributed by atoms with Crippen molar-refractivity contribution in [1.82, 2.24) is 4.57 Å². The molecule has 0 saturated heterocycles. The molecule has 0 radical (unpaired) electrons. The van der Waals surface area contributed by atoms with Gasteiger partial charge in [0.1, 0.15) is 5.82 Å². The molecule has 0 N–H and O–H groups in total. The van der Waals surface area contributed by atoms with Crippen LogP contribution in [0.5, 0.6) is 0 Å². The lowest BCUT2D eigenvalue weighted by Crippen LogP contribution is -1.98. The van der Waals surface area contributed by atoms with Crippen molar-refractivity contribution in [3.8, 4) is 0 Å². The molecule has 2 nitrogen and oxygen atoms in total. The van der Waals surface area contributed by atoms with Crippen molar-refractivity contribution in [2.24, 2.45) is 0 Å². The summed E-state index contributed by atoms with van der Waals surface area (Å²) >= 11 is 0. The van der Waals surface area contributed by atoms with Gasteiger partial charge in [-0.25, -0.2) is 4.39 Å². The molecule has 92 valence electrons. The number of ether oxygens (including phenoxy) is 1. The molecule has 1 aromatic carbocycles. The van der Waals surface area contributed by atoms with E-state index in [-0.39, 0.29) is 5.82 Å². The van der Waals surface area contributed by atoms with Crippen LogP contribution in [0.3, 0.4) is 0 Å². The number of fused-ring (bicyclic) bond motifs is 1. The number of benzene rings is 1. The van der Waals surface area contributed by atoms with Crippen LogP contribution >= 0.6 is 0 Å². The quantitative estimate of drug-likeness (QED) is 0.784. The molecule has 2 rings (SSSR count). The van der Waals surface area contributed by atoms with Crippen molar-refractivity contribution in [1.29, 1.82) is 0 Å². The normalized spacial score (nSPS) is 11.6. The Morgan fingerprint density at radius 1 is 1.35 bits per heavy atom. The maximum atomic E-state index is 13.9. The molecule has 2 aromatic rings. The molecule has 0 unspecified atom stereocenters. The Balaban J connectivity index is 2.59. The predicted molar refractivity (Wildman–Crippen MR) is 67.6 cm³/mol. The van der Waals surface area contributed by atoms with E-state index in [0.717, 1.165) is 11.1 Å². The van der Waals surface area contributed by atoms with Crippen LogP contribution in [0, 0.1) is 5.82 Å². The van der Waals surface area contributed by atoms with Crippen molar-refractivity contribution in [3.05, 3.63) is 35.8 Å². The van der Waals surface area contributed by atoms with Crippen LogP contribution in [0.25, 0.3) is 10.9 Å². The summed E-state index contributed by atoms with van der Waals surface area (Å²) in [5, 5.41) is 0.689. The number of aromatic nitrogens is 1. The first-order chi connectivity index (χ1) is 8.15. The average Bonchev–Trinajstić information content (AvgIpc) is 2.67. The molecule has 0 spiro atoms. The van der Waals surface area contributed by atoms with Crippen LogP contribution in [0.15, 0.2) is 24.4 Å². The molecule has 17 heavy (non-hydrogen) atoms. The van der Waals surface area contributed by atoms with E-state index >= 15 is 0 Å². The molecule has 1 aromatic heterocycles. The summed E-state index contributed by atoms with van der Waals surface area (Å²) in [6.45, 7) is 7.23. The van der Waals surface area contributed by atoms with Gasteiger partial charge in [-0.2, -0.15) is 0 Å². The monoisotopic (exact) mass is 235 g/mol. The maximum absolute atomic E-state index is 13.9. The minimum Gasteiger partial charge on any atom is -0.377 e. The number of halogens is 1. The number of nitrogens with zero attached hydrogens (tertiary/aromatic N) is 1. The van der Waals surface area contributed by atoms with Crippen molar-refractivity contribution in [2.45, 2.75) is 33.4 Å². The first kappa shape index (κ1) is 12.1. The van der Waals surface area contributed by atoms with Crippen LogP contribution in [-0.2, 0) is 11.3 Å². The summed E-state index contributed by atoms with van der Waals surface area (Å²) in [5.41, 5.74) is 1.86. The van der Waals surface area contributed by atoms with Gasteiger partial charge in [0.25, 0.3) is 0 Å². The fourth-order valence-electron chi connectivity index (χ4n) is 2.10. The van der Waals surface area contributed by atoms with Gasteiger partial charge < -0.3 is 9.30 Å². The van der Waals surface area contributed by atoms with Gasteiger partial charge in [-0.15, -0.1) is 0 Å². The Kier molecular flexibility index (Phi) is 3.48. The van der Waals surface area contributed by atoms with Crippen molar-refractivity contribution in [2.75, 3.05) is 6.61 Å². The molecule has 1 heterocycles. The predicted octanol–water partition coefficient (Wildman–Crippen LogP) is 3.90. The SMILES string of the molecule is CCOCc1cn(C(C)C)c2cccc(F)c12. The summed E-state index contributed by atoms with van der Waals surface area (Å²) in [5.74, 6) is -0.170. The molecule has 0 amide bonds. The number of hydrogen-bond donors (Lipinski definition) is 0. The van der Waals surface area contributed by atoms with Crippen molar-refractivity contribution < 1.29 is 9.13 Å². The standard InChI is InChI=1S/C14H18FNO/c1-4-17-9-11-8-16(10(2)3)13-7-5-6-12(15)14(11)13/h5-8,10H,4,9H2,1-3H3. The zero-order valence-corrected chi connectivity index (χ0v) is 10.5. The smallest absolute Gasteiger partial charge is 0.132 e. The first-order valence-corrected chi connectivity index (χ1v) is 6.00. The highest BCUT2D eigenvalue weighted by Gasteiger charge is 2.13. The minimum absolute atomic E-state index is 0.170. The molecule has 0 saturated carbocycles. The molecule has 0 aliphatic rings. The molecule has 0 bridgehead atoms. The van der Waals surface area contributed by atoms with E-state index in [0.29, 0.717) is 24.6 Å². The highest BCUT2D eigenvalue weighted by Crippen LogP contribution is 2.27. The highest BCUT2D eigenvalue weighted by molar-refractivity contribution is 5.84. The average molecular weight is 235 g/mol. The topological polar surface area (TPSA) is 14.2 Å². The lowest BCUT2D eigenvalue weighted by molar-refractivity contribution is 0.134. The second-order valence-electron chi connectivity index (χ2n) is 4.43. The van der Waals surface area contributed by atoms with Gasteiger partial charge in [-0.1, -0.05) is 6.07 Å². The van der Waals surface area contributed by atoms with E-state index in [1.165, 1.54) is 6.07 Å². The van der Waals surface area contributed by atoms with Gasteiger partial charge in [0.2, 0.25) is 0 Å². The van der Waals surface area contributed by atoms with E-state index in [2.05, 4.69) is 18.4 Å². The molecule has 0 aliphatic carbocycles. The van der Waals surface area contributed by atoms with Gasteiger partial charge in [0.15, 0.2) is 0 Å². The Labute approximate surface area is 101 Å². The van der Waals surface area contributed by atoms with Crippen molar-refractivity contribution >= 4 is 10.9 Å². The Bertz CT molecular complexity index is 516.